The van der Waals surface area contributed by atoms with Crippen LogP contribution in [0.2, 0.25) is 0 Å². The monoisotopic (exact) mass is 660 g/mol. The molecule has 0 N–H and O–H groups in total. The first-order valence-corrected chi connectivity index (χ1v) is 17.1. The van der Waals surface area contributed by atoms with E-state index in [1.807, 2.05) is 48.7 Å². The van der Waals surface area contributed by atoms with Crippen LogP contribution in [0.25, 0.3) is 66.4 Å². The lowest BCUT2D eigenvalue weighted by Gasteiger charge is -2.23. The largest absolute Gasteiger partial charge is 0.457 e. The van der Waals surface area contributed by atoms with Gasteiger partial charge in [0.1, 0.15) is 28.5 Å². The second-order valence-electron chi connectivity index (χ2n) is 13.1. The van der Waals surface area contributed by atoms with Gasteiger partial charge in [-0.15, -0.1) is 0 Å². The van der Waals surface area contributed by atoms with Crippen molar-refractivity contribution in [3.63, 3.8) is 0 Å². The van der Waals surface area contributed by atoms with Crippen molar-refractivity contribution in [1.29, 1.82) is 0 Å². The molecule has 6 nitrogen and oxygen atoms in total. The molecule has 244 valence electrons. The second kappa shape index (κ2) is 11.7. The molecule has 1 aliphatic heterocycles. The molecule has 9 aromatic rings. The van der Waals surface area contributed by atoms with Gasteiger partial charge in [-0.2, -0.15) is 0 Å². The van der Waals surface area contributed by atoms with Crippen LogP contribution in [-0.2, 0) is 0 Å². The minimum absolute atomic E-state index is 0.745. The van der Waals surface area contributed by atoms with Crippen LogP contribution in [0, 0.1) is 0 Å². The summed E-state index contributed by atoms with van der Waals surface area (Å²) in [7, 11) is 2.10. The third kappa shape index (κ3) is 4.99. The Labute approximate surface area is 294 Å². The SMILES string of the molecule is CN1C=C(c2ccccc2)N(c2cccc(Oc3ccc4c5cc(-c6ccccc6)ccc5n(-c5cc6oc7ccccc7c6cn5)c4c3)c2)C1. The van der Waals surface area contributed by atoms with E-state index >= 15 is 0 Å². The Morgan fingerprint density at radius 3 is 2.22 bits per heavy atom. The molecule has 0 saturated heterocycles. The Balaban J connectivity index is 1.08. The van der Waals surface area contributed by atoms with Crippen LogP contribution in [0.1, 0.15) is 5.56 Å². The van der Waals surface area contributed by atoms with E-state index in [2.05, 4.69) is 137 Å². The topological polar surface area (TPSA) is 46.7 Å². The highest BCUT2D eigenvalue weighted by molar-refractivity contribution is 6.11. The van der Waals surface area contributed by atoms with Crippen molar-refractivity contribution < 1.29 is 9.15 Å². The van der Waals surface area contributed by atoms with Gasteiger partial charge in [0.2, 0.25) is 0 Å². The van der Waals surface area contributed by atoms with Crippen molar-refractivity contribution in [2.75, 3.05) is 18.6 Å². The third-order valence-corrected chi connectivity index (χ3v) is 9.76. The number of hydrogen-bond acceptors (Lipinski definition) is 5. The molecule has 0 fully saturated rings. The van der Waals surface area contributed by atoms with Crippen LogP contribution in [-0.4, -0.2) is 28.2 Å². The zero-order valence-corrected chi connectivity index (χ0v) is 27.9. The molecule has 0 spiro atoms. The Hall–Kier alpha value is -6.79. The van der Waals surface area contributed by atoms with Crippen molar-refractivity contribution in [2.24, 2.45) is 0 Å². The Morgan fingerprint density at radius 2 is 1.35 bits per heavy atom. The van der Waals surface area contributed by atoms with E-state index in [0.29, 0.717) is 0 Å². The average Bonchev–Trinajstić information content (AvgIpc) is 3.86. The van der Waals surface area contributed by atoms with Crippen molar-refractivity contribution in [3.8, 4) is 28.4 Å². The molecule has 0 radical (unpaired) electrons. The van der Waals surface area contributed by atoms with E-state index in [1.54, 1.807) is 0 Å². The van der Waals surface area contributed by atoms with Gasteiger partial charge in [-0.3, -0.25) is 4.57 Å². The molecule has 51 heavy (non-hydrogen) atoms. The number of para-hydroxylation sites is 1. The molecule has 0 unspecified atom stereocenters. The summed E-state index contributed by atoms with van der Waals surface area (Å²) in [4.78, 5) is 9.52. The molecule has 0 aliphatic carbocycles. The molecular weight excluding hydrogens is 629 g/mol. The summed E-state index contributed by atoms with van der Waals surface area (Å²) in [5.41, 5.74) is 9.46. The highest BCUT2D eigenvalue weighted by Crippen LogP contribution is 2.39. The molecule has 0 saturated carbocycles. The Kier molecular flexibility index (Phi) is 6.67. The van der Waals surface area contributed by atoms with Crippen molar-refractivity contribution in [1.82, 2.24) is 14.5 Å². The van der Waals surface area contributed by atoms with Crippen molar-refractivity contribution >= 4 is 55.1 Å². The highest BCUT2D eigenvalue weighted by atomic mass is 16.5. The van der Waals surface area contributed by atoms with Gasteiger partial charge in [0, 0.05) is 64.9 Å². The maximum Gasteiger partial charge on any atom is 0.141 e. The number of rotatable bonds is 6. The quantitative estimate of drug-likeness (QED) is 0.178. The molecule has 6 heteroatoms. The summed E-state index contributed by atoms with van der Waals surface area (Å²) >= 11 is 0. The maximum absolute atomic E-state index is 6.63. The molecule has 10 rings (SSSR count). The van der Waals surface area contributed by atoms with E-state index in [9.17, 15) is 0 Å². The normalized spacial score (nSPS) is 13.2. The number of ether oxygens (including phenoxy) is 1. The van der Waals surface area contributed by atoms with E-state index in [4.69, 9.17) is 14.1 Å². The zero-order valence-electron chi connectivity index (χ0n) is 27.9. The highest BCUT2D eigenvalue weighted by Gasteiger charge is 2.22. The lowest BCUT2D eigenvalue weighted by atomic mass is 10.0. The fraction of sp³-hybridized carbons (Fsp3) is 0.0444. The molecule has 3 aromatic heterocycles. The first kappa shape index (κ1) is 29.2. The summed E-state index contributed by atoms with van der Waals surface area (Å²) in [5, 5.41) is 4.32. The van der Waals surface area contributed by atoms with Crippen LogP contribution in [0.3, 0.4) is 0 Å². The van der Waals surface area contributed by atoms with Gasteiger partial charge in [0.05, 0.1) is 23.4 Å². The summed E-state index contributed by atoms with van der Waals surface area (Å²) in [5.74, 6) is 2.30. The van der Waals surface area contributed by atoms with Gasteiger partial charge >= 0.3 is 0 Å². The van der Waals surface area contributed by atoms with Gasteiger partial charge in [0.15, 0.2) is 0 Å². The minimum atomic E-state index is 0.745. The van der Waals surface area contributed by atoms with Crippen LogP contribution in [0.5, 0.6) is 11.5 Å². The standard InChI is InChI=1S/C45H32N4O2/c1-47-28-42(31-13-6-3-7-14-31)48(29-47)33-15-10-16-34(24-33)50-35-20-21-36-38-23-32(30-11-4-2-5-12-30)19-22-40(38)49(41(36)25-35)45-26-44-39(27-46-45)37-17-8-9-18-43(37)51-44/h2-28H,29H2,1H3. The first-order chi connectivity index (χ1) is 25.2. The molecule has 6 aromatic carbocycles. The van der Waals surface area contributed by atoms with E-state index in [0.717, 1.165) is 84.7 Å². The second-order valence-corrected chi connectivity index (χ2v) is 13.1. The molecule has 1 aliphatic rings. The van der Waals surface area contributed by atoms with Crippen LogP contribution in [0.15, 0.2) is 168 Å². The Morgan fingerprint density at radius 1 is 0.569 bits per heavy atom. The predicted molar refractivity (Wildman–Crippen MR) is 207 cm³/mol. The number of nitrogens with zero attached hydrogens (tertiary/aromatic N) is 4. The van der Waals surface area contributed by atoms with Gasteiger partial charge in [0.25, 0.3) is 0 Å². The van der Waals surface area contributed by atoms with E-state index in [1.165, 1.54) is 11.1 Å². The van der Waals surface area contributed by atoms with Crippen LogP contribution >= 0.6 is 0 Å². The molecular formula is C45H32N4O2. The molecule has 0 amide bonds. The summed E-state index contributed by atoms with van der Waals surface area (Å²) in [6, 6.07) is 52.4. The molecule has 0 bridgehead atoms. The fourth-order valence-corrected chi connectivity index (χ4v) is 7.38. The summed E-state index contributed by atoms with van der Waals surface area (Å²) in [6.07, 6.45) is 4.11. The minimum Gasteiger partial charge on any atom is -0.457 e. The number of pyridine rings is 1. The number of furan rings is 1. The van der Waals surface area contributed by atoms with Gasteiger partial charge in [-0.1, -0.05) is 91.0 Å². The summed E-state index contributed by atoms with van der Waals surface area (Å²) < 4.78 is 15.1. The van der Waals surface area contributed by atoms with Crippen LogP contribution in [0.4, 0.5) is 5.69 Å². The number of fused-ring (bicyclic) bond motifs is 6. The zero-order chi connectivity index (χ0) is 33.9. The van der Waals surface area contributed by atoms with E-state index in [-0.39, 0.29) is 0 Å². The molecule has 0 atom stereocenters. The van der Waals surface area contributed by atoms with E-state index < -0.39 is 0 Å². The van der Waals surface area contributed by atoms with Gasteiger partial charge in [-0.25, -0.2) is 4.98 Å². The van der Waals surface area contributed by atoms with Gasteiger partial charge < -0.3 is 19.0 Å². The lowest BCUT2D eigenvalue weighted by molar-refractivity contribution is 0.481. The third-order valence-electron chi connectivity index (χ3n) is 9.76. The predicted octanol–water partition coefficient (Wildman–Crippen LogP) is 11.2. The average molecular weight is 661 g/mol. The molecule has 4 heterocycles. The van der Waals surface area contributed by atoms with Crippen molar-refractivity contribution in [2.45, 2.75) is 0 Å². The Bertz CT molecular complexity index is 2780. The number of anilines is 1. The van der Waals surface area contributed by atoms with Gasteiger partial charge in [-0.05, 0) is 59.2 Å². The number of hydrogen-bond donors (Lipinski definition) is 0. The lowest BCUT2D eigenvalue weighted by Crippen LogP contribution is -2.23. The summed E-state index contributed by atoms with van der Waals surface area (Å²) in [6.45, 7) is 0.757. The van der Waals surface area contributed by atoms with Crippen LogP contribution < -0.4 is 9.64 Å². The smallest absolute Gasteiger partial charge is 0.141 e. The fourth-order valence-electron chi connectivity index (χ4n) is 7.38. The maximum atomic E-state index is 6.63. The first-order valence-electron chi connectivity index (χ1n) is 17.1. The number of benzene rings is 6. The number of aromatic nitrogens is 2. The van der Waals surface area contributed by atoms with Crippen molar-refractivity contribution in [3.05, 3.63) is 170 Å².